The fourth-order valence-corrected chi connectivity index (χ4v) is 3.52. The summed E-state index contributed by atoms with van der Waals surface area (Å²) in [4.78, 5) is 6.07. The maximum absolute atomic E-state index is 13.7. The molecule has 3 rings (SSSR count). The SMILES string of the molecule is COc1ccc(N(Cc2cccc(F)c2)C(=S)NCCCn2cncc2C)cc1OC. The maximum Gasteiger partial charge on any atom is 0.173 e. The van der Waals surface area contributed by atoms with Crippen LogP contribution >= 0.6 is 12.2 Å². The summed E-state index contributed by atoms with van der Waals surface area (Å²) >= 11 is 5.70. The van der Waals surface area contributed by atoms with Crippen molar-refractivity contribution >= 4 is 23.0 Å². The highest BCUT2D eigenvalue weighted by molar-refractivity contribution is 7.80. The van der Waals surface area contributed by atoms with Gasteiger partial charge in [-0.05, 0) is 55.4 Å². The molecule has 0 aliphatic rings. The Morgan fingerprint density at radius 1 is 1.16 bits per heavy atom. The molecular weight excluding hydrogens is 415 g/mol. The predicted molar refractivity (Wildman–Crippen MR) is 124 cm³/mol. The van der Waals surface area contributed by atoms with E-state index in [1.54, 1.807) is 20.3 Å². The summed E-state index contributed by atoms with van der Waals surface area (Å²) in [6.07, 6.45) is 4.56. The lowest BCUT2D eigenvalue weighted by Gasteiger charge is -2.27. The number of rotatable bonds is 9. The van der Waals surface area contributed by atoms with Crippen molar-refractivity contribution in [2.75, 3.05) is 25.7 Å². The van der Waals surface area contributed by atoms with Crippen molar-refractivity contribution < 1.29 is 13.9 Å². The monoisotopic (exact) mass is 442 g/mol. The number of imidazole rings is 1. The highest BCUT2D eigenvalue weighted by Crippen LogP contribution is 2.32. The highest BCUT2D eigenvalue weighted by atomic mass is 32.1. The van der Waals surface area contributed by atoms with E-state index in [0.717, 1.165) is 29.9 Å². The molecule has 31 heavy (non-hydrogen) atoms. The number of hydrogen-bond acceptors (Lipinski definition) is 4. The second-order valence-corrected chi connectivity index (χ2v) is 7.46. The van der Waals surface area contributed by atoms with Crippen molar-refractivity contribution in [3.8, 4) is 11.5 Å². The van der Waals surface area contributed by atoms with Crippen LogP contribution in [0.25, 0.3) is 0 Å². The Morgan fingerprint density at radius 2 is 1.97 bits per heavy atom. The van der Waals surface area contributed by atoms with Crippen LogP contribution in [0.15, 0.2) is 55.0 Å². The molecule has 1 N–H and O–H groups in total. The van der Waals surface area contributed by atoms with E-state index < -0.39 is 0 Å². The fraction of sp³-hybridized carbons (Fsp3) is 0.304. The Morgan fingerprint density at radius 3 is 2.65 bits per heavy atom. The summed E-state index contributed by atoms with van der Waals surface area (Å²) in [7, 11) is 3.18. The molecule has 3 aromatic rings. The molecule has 0 aliphatic heterocycles. The third-order valence-corrected chi connectivity index (χ3v) is 5.29. The number of thiocarbonyl (C=S) groups is 1. The number of nitrogens with zero attached hydrogens (tertiary/aromatic N) is 3. The van der Waals surface area contributed by atoms with E-state index in [4.69, 9.17) is 21.7 Å². The molecule has 0 spiro atoms. The van der Waals surface area contributed by atoms with Crippen LogP contribution in [0.1, 0.15) is 17.7 Å². The molecule has 8 heteroatoms. The number of nitrogens with one attached hydrogen (secondary N) is 1. The van der Waals surface area contributed by atoms with Crippen molar-refractivity contribution in [1.29, 1.82) is 0 Å². The summed E-state index contributed by atoms with van der Waals surface area (Å²) in [6, 6.07) is 12.1. The minimum Gasteiger partial charge on any atom is -0.493 e. The molecule has 0 amide bonds. The van der Waals surface area contributed by atoms with Crippen LogP contribution in [0.4, 0.5) is 10.1 Å². The normalized spacial score (nSPS) is 10.6. The van der Waals surface area contributed by atoms with Crippen LogP contribution in [-0.2, 0) is 13.1 Å². The van der Waals surface area contributed by atoms with Crippen LogP contribution in [0.2, 0.25) is 0 Å². The van der Waals surface area contributed by atoms with Gasteiger partial charge in [0, 0.05) is 36.7 Å². The Labute approximate surface area is 187 Å². The van der Waals surface area contributed by atoms with Gasteiger partial charge in [0.15, 0.2) is 16.6 Å². The van der Waals surface area contributed by atoms with E-state index in [1.807, 2.05) is 48.6 Å². The molecule has 0 aliphatic carbocycles. The van der Waals surface area contributed by atoms with Crippen molar-refractivity contribution in [1.82, 2.24) is 14.9 Å². The van der Waals surface area contributed by atoms with Gasteiger partial charge in [0.25, 0.3) is 0 Å². The van der Waals surface area contributed by atoms with Crippen molar-refractivity contribution in [2.24, 2.45) is 0 Å². The average Bonchev–Trinajstić information content (AvgIpc) is 3.19. The molecule has 0 saturated carbocycles. The van der Waals surface area contributed by atoms with Crippen molar-refractivity contribution in [2.45, 2.75) is 26.4 Å². The fourth-order valence-electron chi connectivity index (χ4n) is 3.25. The Kier molecular flexibility index (Phi) is 7.83. The molecule has 1 heterocycles. The average molecular weight is 443 g/mol. The molecule has 1 aromatic heterocycles. The van der Waals surface area contributed by atoms with E-state index >= 15 is 0 Å². The molecule has 2 aromatic carbocycles. The van der Waals surface area contributed by atoms with Crippen molar-refractivity contribution in [3.63, 3.8) is 0 Å². The quantitative estimate of drug-likeness (QED) is 0.394. The summed E-state index contributed by atoms with van der Waals surface area (Å²) in [6.45, 7) is 3.99. The van der Waals surface area contributed by atoms with Gasteiger partial charge in [0.1, 0.15) is 5.82 Å². The number of ether oxygens (including phenoxy) is 2. The van der Waals surface area contributed by atoms with Crippen LogP contribution in [0, 0.1) is 12.7 Å². The van der Waals surface area contributed by atoms with Gasteiger partial charge in [-0.2, -0.15) is 0 Å². The van der Waals surface area contributed by atoms with Gasteiger partial charge in [-0.3, -0.25) is 0 Å². The number of hydrogen-bond donors (Lipinski definition) is 1. The molecule has 0 atom stereocenters. The first-order chi connectivity index (χ1) is 15.0. The molecule has 164 valence electrons. The molecule has 0 bridgehead atoms. The Hall–Kier alpha value is -3.13. The number of aromatic nitrogens is 2. The first-order valence-corrected chi connectivity index (χ1v) is 10.4. The van der Waals surface area contributed by atoms with Gasteiger partial charge in [-0.25, -0.2) is 9.37 Å². The summed E-state index contributed by atoms with van der Waals surface area (Å²) in [5.74, 6) is 0.952. The smallest absolute Gasteiger partial charge is 0.173 e. The van der Waals surface area contributed by atoms with Crippen LogP contribution in [0.3, 0.4) is 0 Å². The second kappa shape index (κ2) is 10.8. The minimum atomic E-state index is -0.278. The molecule has 0 radical (unpaired) electrons. The number of anilines is 1. The first-order valence-electron chi connectivity index (χ1n) is 10.0. The lowest BCUT2D eigenvalue weighted by atomic mass is 10.2. The van der Waals surface area contributed by atoms with Gasteiger partial charge in [-0.15, -0.1) is 0 Å². The molecule has 0 saturated heterocycles. The van der Waals surface area contributed by atoms with Gasteiger partial charge in [-0.1, -0.05) is 12.1 Å². The summed E-state index contributed by atoms with van der Waals surface area (Å²) in [5, 5.41) is 3.88. The van der Waals surface area contributed by atoms with Crippen LogP contribution < -0.4 is 19.7 Å². The topological polar surface area (TPSA) is 51.5 Å². The summed E-state index contributed by atoms with van der Waals surface area (Å²) in [5.41, 5.74) is 2.76. The molecule has 6 nitrogen and oxygen atoms in total. The lowest BCUT2D eigenvalue weighted by Crippen LogP contribution is -2.40. The zero-order chi connectivity index (χ0) is 22.2. The van der Waals surface area contributed by atoms with Crippen LogP contribution in [-0.4, -0.2) is 35.4 Å². The number of benzene rings is 2. The van der Waals surface area contributed by atoms with Gasteiger partial charge in [0.2, 0.25) is 0 Å². The van der Waals surface area contributed by atoms with Gasteiger partial charge >= 0.3 is 0 Å². The lowest BCUT2D eigenvalue weighted by molar-refractivity contribution is 0.355. The molecule has 0 unspecified atom stereocenters. The van der Waals surface area contributed by atoms with E-state index in [9.17, 15) is 4.39 Å². The minimum absolute atomic E-state index is 0.278. The van der Waals surface area contributed by atoms with Gasteiger partial charge in [0.05, 0.1) is 27.1 Å². The zero-order valence-corrected chi connectivity index (χ0v) is 18.8. The third kappa shape index (κ3) is 5.95. The number of methoxy groups -OCH3 is 2. The summed E-state index contributed by atoms with van der Waals surface area (Å²) < 4.78 is 26.6. The van der Waals surface area contributed by atoms with Gasteiger partial charge < -0.3 is 24.3 Å². The number of aryl methyl sites for hydroxylation is 2. The Balaban J connectivity index is 1.74. The van der Waals surface area contributed by atoms with E-state index in [-0.39, 0.29) is 5.82 Å². The van der Waals surface area contributed by atoms with Crippen molar-refractivity contribution in [3.05, 3.63) is 72.1 Å². The highest BCUT2D eigenvalue weighted by Gasteiger charge is 2.16. The van der Waals surface area contributed by atoms with E-state index in [2.05, 4.69) is 14.9 Å². The zero-order valence-electron chi connectivity index (χ0n) is 18.0. The number of halogens is 1. The first kappa shape index (κ1) is 22.6. The maximum atomic E-state index is 13.7. The Bertz CT molecular complexity index is 1020. The predicted octanol–water partition coefficient (Wildman–Crippen LogP) is 4.32. The standard InChI is InChI=1S/C23H27FN4O2S/c1-17-14-25-16-27(17)11-5-10-26-23(31)28(15-18-6-4-7-19(24)12-18)20-8-9-21(29-2)22(13-20)30-3/h4,6-9,12-14,16H,5,10-11,15H2,1-3H3,(H,26,31). The third-order valence-electron chi connectivity index (χ3n) is 4.93. The molecular formula is C23H27FN4O2S. The largest absolute Gasteiger partial charge is 0.493 e. The van der Waals surface area contributed by atoms with Crippen LogP contribution in [0.5, 0.6) is 11.5 Å². The van der Waals surface area contributed by atoms with E-state index in [1.165, 1.54) is 12.1 Å². The molecule has 0 fully saturated rings. The second-order valence-electron chi connectivity index (χ2n) is 7.07. The van der Waals surface area contributed by atoms with E-state index in [0.29, 0.717) is 29.7 Å².